The average molecular weight is 180 g/mol. The number of likely N-dealkylation sites (tertiary alicyclic amines) is 1. The molecule has 3 aliphatic rings. The number of hydrogen-bond donors (Lipinski definition) is 1. The highest BCUT2D eigenvalue weighted by Crippen LogP contribution is 2.33. The third-order valence-corrected chi connectivity index (χ3v) is 4.29. The largest absolute Gasteiger partial charge is 0.311 e. The van der Waals surface area contributed by atoms with Gasteiger partial charge in [0.05, 0.1) is 0 Å². The molecule has 0 spiro atoms. The summed E-state index contributed by atoms with van der Waals surface area (Å²) in [6.07, 6.45) is 7.13. The van der Waals surface area contributed by atoms with Gasteiger partial charge in [0, 0.05) is 30.7 Å². The van der Waals surface area contributed by atoms with E-state index in [2.05, 4.69) is 17.1 Å². The highest BCUT2D eigenvalue weighted by molar-refractivity contribution is 4.98. The Bertz CT molecular complexity index is 192. The summed E-state index contributed by atoms with van der Waals surface area (Å²) in [4.78, 5) is 2.73. The first-order valence-electron chi connectivity index (χ1n) is 5.85. The third kappa shape index (κ3) is 1.31. The Morgan fingerprint density at radius 3 is 2.23 bits per heavy atom. The Balaban J connectivity index is 1.66. The van der Waals surface area contributed by atoms with Crippen LogP contribution in [-0.4, -0.2) is 35.6 Å². The van der Waals surface area contributed by atoms with Crippen LogP contribution in [0.25, 0.3) is 0 Å². The lowest BCUT2D eigenvalue weighted by molar-refractivity contribution is 0.0282. The van der Waals surface area contributed by atoms with Gasteiger partial charge in [-0.3, -0.25) is 4.90 Å². The van der Waals surface area contributed by atoms with Crippen molar-refractivity contribution >= 4 is 0 Å². The molecule has 13 heavy (non-hydrogen) atoms. The second-order valence-corrected chi connectivity index (χ2v) is 5.14. The monoisotopic (exact) mass is 180 g/mol. The van der Waals surface area contributed by atoms with Crippen molar-refractivity contribution in [3.63, 3.8) is 0 Å². The summed E-state index contributed by atoms with van der Waals surface area (Å²) in [5.74, 6) is 0. The molecule has 0 aromatic rings. The third-order valence-electron chi connectivity index (χ3n) is 4.29. The van der Waals surface area contributed by atoms with E-state index in [9.17, 15) is 0 Å². The average Bonchev–Trinajstić information content (AvgIpc) is 2.43. The fourth-order valence-corrected chi connectivity index (χ4v) is 3.38. The molecule has 1 N–H and O–H groups in total. The second kappa shape index (κ2) is 2.96. The maximum Gasteiger partial charge on any atom is 0.0128 e. The normalized spacial score (nSPS) is 50.5. The molecule has 3 heterocycles. The fourth-order valence-electron chi connectivity index (χ4n) is 3.38. The van der Waals surface area contributed by atoms with Gasteiger partial charge in [-0.2, -0.15) is 0 Å². The zero-order chi connectivity index (χ0) is 8.84. The molecule has 0 aromatic carbocycles. The molecule has 2 nitrogen and oxygen atoms in total. The molecule has 0 amide bonds. The molecule has 3 saturated heterocycles. The molecule has 74 valence electrons. The molecule has 3 fully saturated rings. The minimum Gasteiger partial charge on any atom is -0.311 e. The molecule has 3 rings (SSSR count). The highest BCUT2D eigenvalue weighted by atomic mass is 15.2. The van der Waals surface area contributed by atoms with Crippen LogP contribution in [0.5, 0.6) is 0 Å². The summed E-state index contributed by atoms with van der Waals surface area (Å²) in [7, 11) is 0. The highest BCUT2D eigenvalue weighted by Gasteiger charge is 2.39. The topological polar surface area (TPSA) is 15.3 Å². The molecule has 2 heteroatoms. The van der Waals surface area contributed by atoms with Gasteiger partial charge in [0.1, 0.15) is 0 Å². The van der Waals surface area contributed by atoms with Crippen molar-refractivity contribution < 1.29 is 0 Å². The van der Waals surface area contributed by atoms with Crippen molar-refractivity contribution in [2.75, 3.05) is 6.54 Å². The SMILES string of the molecule is CC1CCN1C1CC2CCC(C1)N2. The Hall–Kier alpha value is -0.0800. The van der Waals surface area contributed by atoms with Gasteiger partial charge in [0.2, 0.25) is 0 Å². The van der Waals surface area contributed by atoms with E-state index in [4.69, 9.17) is 0 Å². The van der Waals surface area contributed by atoms with Crippen molar-refractivity contribution in [1.29, 1.82) is 0 Å². The number of hydrogen-bond acceptors (Lipinski definition) is 2. The predicted molar refractivity (Wildman–Crippen MR) is 53.8 cm³/mol. The number of nitrogens with zero attached hydrogens (tertiary/aromatic N) is 1. The van der Waals surface area contributed by atoms with Crippen LogP contribution >= 0.6 is 0 Å². The standard InChI is InChI=1S/C11H20N2/c1-8-4-5-13(8)11-6-9-2-3-10(7-11)12-9/h8-12H,2-7H2,1H3. The first-order chi connectivity index (χ1) is 6.33. The number of piperidine rings is 1. The second-order valence-electron chi connectivity index (χ2n) is 5.14. The summed E-state index contributed by atoms with van der Waals surface area (Å²) in [5, 5.41) is 3.71. The van der Waals surface area contributed by atoms with Gasteiger partial charge in [0.25, 0.3) is 0 Å². The lowest BCUT2D eigenvalue weighted by Crippen LogP contribution is -2.56. The van der Waals surface area contributed by atoms with Crippen LogP contribution in [0.4, 0.5) is 0 Å². The predicted octanol–water partition coefficient (Wildman–Crippen LogP) is 1.36. The minimum absolute atomic E-state index is 0.858. The zero-order valence-corrected chi connectivity index (χ0v) is 8.50. The van der Waals surface area contributed by atoms with Crippen molar-refractivity contribution in [2.45, 2.75) is 63.2 Å². The number of nitrogens with one attached hydrogen (secondary N) is 1. The van der Waals surface area contributed by atoms with Gasteiger partial charge in [-0.1, -0.05) is 0 Å². The van der Waals surface area contributed by atoms with Crippen LogP contribution in [-0.2, 0) is 0 Å². The summed E-state index contributed by atoms with van der Waals surface area (Å²) in [6, 6.07) is 3.51. The van der Waals surface area contributed by atoms with Crippen LogP contribution in [0.2, 0.25) is 0 Å². The van der Waals surface area contributed by atoms with E-state index in [0.29, 0.717) is 0 Å². The summed E-state index contributed by atoms with van der Waals surface area (Å²) >= 11 is 0. The molecule has 3 unspecified atom stereocenters. The molecule has 3 atom stereocenters. The molecular weight excluding hydrogens is 160 g/mol. The van der Waals surface area contributed by atoms with Gasteiger partial charge in [-0.25, -0.2) is 0 Å². The van der Waals surface area contributed by atoms with Crippen LogP contribution < -0.4 is 5.32 Å². The van der Waals surface area contributed by atoms with Gasteiger partial charge >= 0.3 is 0 Å². The van der Waals surface area contributed by atoms with Crippen LogP contribution in [0.3, 0.4) is 0 Å². The molecule has 0 radical (unpaired) electrons. The Labute approximate surface area is 80.7 Å². The maximum absolute atomic E-state index is 3.71. The van der Waals surface area contributed by atoms with Crippen molar-refractivity contribution in [1.82, 2.24) is 10.2 Å². The minimum atomic E-state index is 0.858. The number of fused-ring (bicyclic) bond motifs is 2. The maximum atomic E-state index is 3.71. The van der Waals surface area contributed by atoms with Crippen molar-refractivity contribution in [2.24, 2.45) is 0 Å². The molecular formula is C11H20N2. The zero-order valence-electron chi connectivity index (χ0n) is 8.50. The van der Waals surface area contributed by atoms with Crippen molar-refractivity contribution in [3.8, 4) is 0 Å². The van der Waals surface area contributed by atoms with E-state index >= 15 is 0 Å². The Morgan fingerprint density at radius 1 is 1.08 bits per heavy atom. The molecule has 0 saturated carbocycles. The number of rotatable bonds is 1. The van der Waals surface area contributed by atoms with E-state index in [1.54, 1.807) is 0 Å². The quantitative estimate of drug-likeness (QED) is 0.655. The first-order valence-corrected chi connectivity index (χ1v) is 5.85. The van der Waals surface area contributed by atoms with Gasteiger partial charge in [-0.05, 0) is 39.0 Å². The van der Waals surface area contributed by atoms with Gasteiger partial charge in [0.15, 0.2) is 0 Å². The van der Waals surface area contributed by atoms with E-state index in [-0.39, 0.29) is 0 Å². The lowest BCUT2D eigenvalue weighted by Gasteiger charge is -2.47. The summed E-state index contributed by atoms with van der Waals surface area (Å²) in [5.41, 5.74) is 0. The van der Waals surface area contributed by atoms with E-state index < -0.39 is 0 Å². The molecule has 0 aromatic heterocycles. The molecule has 0 aliphatic carbocycles. The Kier molecular flexibility index (Phi) is 1.88. The lowest BCUT2D eigenvalue weighted by atomic mass is 9.92. The first kappa shape index (κ1) is 8.25. The van der Waals surface area contributed by atoms with Crippen molar-refractivity contribution in [3.05, 3.63) is 0 Å². The van der Waals surface area contributed by atoms with E-state index in [1.165, 1.54) is 38.6 Å². The van der Waals surface area contributed by atoms with Crippen LogP contribution in [0.15, 0.2) is 0 Å². The van der Waals surface area contributed by atoms with Gasteiger partial charge < -0.3 is 5.32 Å². The van der Waals surface area contributed by atoms with E-state index in [1.807, 2.05) is 0 Å². The molecule has 2 bridgehead atoms. The van der Waals surface area contributed by atoms with E-state index in [0.717, 1.165) is 24.2 Å². The summed E-state index contributed by atoms with van der Waals surface area (Å²) < 4.78 is 0. The fraction of sp³-hybridized carbons (Fsp3) is 1.00. The van der Waals surface area contributed by atoms with Crippen LogP contribution in [0.1, 0.15) is 39.0 Å². The van der Waals surface area contributed by atoms with Gasteiger partial charge in [-0.15, -0.1) is 0 Å². The van der Waals surface area contributed by atoms with Crippen LogP contribution in [0, 0.1) is 0 Å². The molecule has 3 aliphatic heterocycles. The Morgan fingerprint density at radius 2 is 1.77 bits per heavy atom. The smallest absolute Gasteiger partial charge is 0.0128 e. The summed E-state index contributed by atoms with van der Waals surface area (Å²) in [6.45, 7) is 3.75.